The molecule has 96 valence electrons. The number of furan rings is 2. The molecule has 1 amide bonds. The van der Waals surface area contributed by atoms with Crippen LogP contribution in [0.25, 0.3) is 11.1 Å². The number of rotatable bonds is 4. The summed E-state index contributed by atoms with van der Waals surface area (Å²) in [5.74, 6) is -0.132. The minimum atomic E-state index is -0.132. The summed E-state index contributed by atoms with van der Waals surface area (Å²) in [6.07, 6.45) is 6.26. The van der Waals surface area contributed by atoms with E-state index in [1.54, 1.807) is 29.9 Å². The number of thiophene rings is 1. The van der Waals surface area contributed by atoms with Gasteiger partial charge in [-0.15, -0.1) is 11.3 Å². The zero-order chi connectivity index (χ0) is 13.1. The Morgan fingerprint density at radius 3 is 2.74 bits per heavy atom. The molecule has 0 atom stereocenters. The van der Waals surface area contributed by atoms with E-state index >= 15 is 0 Å². The second-order valence-electron chi connectivity index (χ2n) is 4.01. The predicted octanol–water partition coefficient (Wildman–Crippen LogP) is 3.53. The second-order valence-corrected chi connectivity index (χ2v) is 5.00. The van der Waals surface area contributed by atoms with Crippen molar-refractivity contribution in [2.24, 2.45) is 0 Å². The Bertz CT molecular complexity index is 653. The zero-order valence-corrected chi connectivity index (χ0v) is 10.8. The topological polar surface area (TPSA) is 55.4 Å². The van der Waals surface area contributed by atoms with Crippen molar-refractivity contribution in [2.45, 2.75) is 6.54 Å². The van der Waals surface area contributed by atoms with Gasteiger partial charge >= 0.3 is 0 Å². The summed E-state index contributed by atoms with van der Waals surface area (Å²) >= 11 is 1.61. The van der Waals surface area contributed by atoms with Gasteiger partial charge in [0.15, 0.2) is 0 Å². The minimum Gasteiger partial charge on any atom is -0.472 e. The highest BCUT2D eigenvalue weighted by atomic mass is 32.1. The number of nitrogens with one attached hydrogen (secondary N) is 1. The molecule has 0 saturated heterocycles. The third-order valence-corrected chi connectivity index (χ3v) is 3.65. The summed E-state index contributed by atoms with van der Waals surface area (Å²) in [5, 5.41) is 4.89. The van der Waals surface area contributed by atoms with Gasteiger partial charge in [-0.1, -0.05) is 0 Å². The van der Waals surface area contributed by atoms with Gasteiger partial charge in [0.25, 0.3) is 5.91 Å². The molecule has 3 aromatic heterocycles. The van der Waals surface area contributed by atoms with Gasteiger partial charge in [-0.3, -0.25) is 4.79 Å². The molecule has 0 spiro atoms. The van der Waals surface area contributed by atoms with Gasteiger partial charge < -0.3 is 14.2 Å². The molecule has 3 aromatic rings. The fourth-order valence-corrected chi connectivity index (χ4v) is 2.55. The van der Waals surface area contributed by atoms with Crippen molar-refractivity contribution in [1.82, 2.24) is 5.32 Å². The van der Waals surface area contributed by atoms with Gasteiger partial charge in [0.1, 0.15) is 6.26 Å². The first-order valence-corrected chi connectivity index (χ1v) is 6.61. The lowest BCUT2D eigenvalue weighted by molar-refractivity contribution is 0.0950. The highest BCUT2D eigenvalue weighted by molar-refractivity contribution is 7.10. The molecule has 1 N–H and O–H groups in total. The number of hydrogen-bond donors (Lipinski definition) is 1. The van der Waals surface area contributed by atoms with Crippen LogP contribution in [0, 0.1) is 0 Å². The average molecular weight is 273 g/mol. The molecule has 5 heteroatoms. The minimum absolute atomic E-state index is 0.132. The molecular formula is C14H11NO3S. The molecule has 19 heavy (non-hydrogen) atoms. The first-order valence-electron chi connectivity index (χ1n) is 5.73. The fourth-order valence-electron chi connectivity index (χ4n) is 1.72. The Hall–Kier alpha value is -2.27. The maximum atomic E-state index is 11.7. The van der Waals surface area contributed by atoms with Gasteiger partial charge in [-0.25, -0.2) is 0 Å². The van der Waals surface area contributed by atoms with Crippen molar-refractivity contribution in [3.63, 3.8) is 0 Å². The van der Waals surface area contributed by atoms with Crippen molar-refractivity contribution in [2.75, 3.05) is 0 Å². The van der Waals surface area contributed by atoms with E-state index in [9.17, 15) is 4.79 Å². The lowest BCUT2D eigenvalue weighted by atomic mass is 10.2. The number of carbonyl (C=O) groups excluding carboxylic acids is 1. The average Bonchev–Trinajstić information content (AvgIpc) is 3.14. The summed E-state index contributed by atoms with van der Waals surface area (Å²) in [6, 6.07) is 5.60. The molecule has 0 aliphatic heterocycles. The smallest absolute Gasteiger partial charge is 0.254 e. The predicted molar refractivity (Wildman–Crippen MR) is 71.9 cm³/mol. The number of carbonyl (C=O) groups is 1. The van der Waals surface area contributed by atoms with Crippen molar-refractivity contribution in [3.8, 4) is 11.1 Å². The van der Waals surface area contributed by atoms with Crippen LogP contribution in [0.15, 0.2) is 57.5 Å². The van der Waals surface area contributed by atoms with E-state index in [0.717, 1.165) is 16.0 Å². The molecule has 0 bridgehead atoms. The molecule has 4 nitrogen and oxygen atoms in total. The molecule has 0 aromatic carbocycles. The SMILES string of the molecule is O=C(NCc1cc(-c2ccoc2)cs1)c1ccoc1. The van der Waals surface area contributed by atoms with E-state index in [1.165, 1.54) is 12.5 Å². The molecule has 3 rings (SSSR count). The van der Waals surface area contributed by atoms with E-state index < -0.39 is 0 Å². The van der Waals surface area contributed by atoms with Crippen LogP contribution >= 0.6 is 11.3 Å². The van der Waals surface area contributed by atoms with Crippen LogP contribution in [0.5, 0.6) is 0 Å². The summed E-state index contributed by atoms with van der Waals surface area (Å²) in [4.78, 5) is 12.8. The lowest BCUT2D eigenvalue weighted by Gasteiger charge is -2.00. The quantitative estimate of drug-likeness (QED) is 0.791. The summed E-state index contributed by atoms with van der Waals surface area (Å²) in [7, 11) is 0. The van der Waals surface area contributed by atoms with Gasteiger partial charge in [-0.05, 0) is 29.1 Å². The van der Waals surface area contributed by atoms with E-state index in [2.05, 4.69) is 5.32 Å². The van der Waals surface area contributed by atoms with Gasteiger partial charge in [0, 0.05) is 10.4 Å². The molecular weight excluding hydrogens is 262 g/mol. The molecule has 0 aliphatic rings. The van der Waals surface area contributed by atoms with E-state index in [0.29, 0.717) is 12.1 Å². The van der Waals surface area contributed by atoms with Crippen LogP contribution in [0.2, 0.25) is 0 Å². The largest absolute Gasteiger partial charge is 0.472 e. The standard InChI is InChI=1S/C14H11NO3S/c16-14(11-2-4-18-8-11)15-6-13-5-12(9-19-13)10-1-3-17-7-10/h1-5,7-9H,6H2,(H,15,16). The Morgan fingerprint density at radius 2 is 2.00 bits per heavy atom. The van der Waals surface area contributed by atoms with E-state index in [-0.39, 0.29) is 5.91 Å². The van der Waals surface area contributed by atoms with Crippen LogP contribution in [0.1, 0.15) is 15.2 Å². The highest BCUT2D eigenvalue weighted by Crippen LogP contribution is 2.25. The fraction of sp³-hybridized carbons (Fsp3) is 0.0714. The number of amides is 1. The van der Waals surface area contributed by atoms with Crippen LogP contribution in [0.4, 0.5) is 0 Å². The molecule has 0 saturated carbocycles. The molecule has 0 radical (unpaired) electrons. The lowest BCUT2D eigenvalue weighted by Crippen LogP contribution is -2.21. The van der Waals surface area contributed by atoms with Crippen LogP contribution in [-0.4, -0.2) is 5.91 Å². The van der Waals surface area contributed by atoms with E-state index in [4.69, 9.17) is 8.83 Å². The first-order chi connectivity index (χ1) is 9.33. The molecule has 0 fully saturated rings. The summed E-state index contributed by atoms with van der Waals surface area (Å²) in [5.41, 5.74) is 2.68. The molecule has 3 heterocycles. The van der Waals surface area contributed by atoms with Crippen molar-refractivity contribution >= 4 is 17.2 Å². The Morgan fingerprint density at radius 1 is 1.16 bits per heavy atom. The summed E-state index contributed by atoms with van der Waals surface area (Å²) < 4.78 is 9.92. The highest BCUT2D eigenvalue weighted by Gasteiger charge is 2.08. The van der Waals surface area contributed by atoms with Crippen LogP contribution in [0.3, 0.4) is 0 Å². The van der Waals surface area contributed by atoms with Crippen molar-refractivity contribution in [1.29, 1.82) is 0 Å². The zero-order valence-electron chi connectivity index (χ0n) is 9.96. The Labute approximate surface area is 113 Å². The third kappa shape index (κ3) is 2.61. The Balaban J connectivity index is 1.63. The molecule has 0 unspecified atom stereocenters. The maximum Gasteiger partial charge on any atom is 0.254 e. The van der Waals surface area contributed by atoms with Crippen LogP contribution < -0.4 is 5.32 Å². The van der Waals surface area contributed by atoms with Gasteiger partial charge in [-0.2, -0.15) is 0 Å². The van der Waals surface area contributed by atoms with Gasteiger partial charge in [0.2, 0.25) is 0 Å². The monoisotopic (exact) mass is 273 g/mol. The van der Waals surface area contributed by atoms with Crippen molar-refractivity contribution in [3.05, 3.63) is 59.1 Å². The third-order valence-electron chi connectivity index (χ3n) is 2.71. The Kier molecular flexibility index (Phi) is 3.20. The number of hydrogen-bond acceptors (Lipinski definition) is 4. The first kappa shape index (κ1) is 11.8. The molecule has 0 aliphatic carbocycles. The van der Waals surface area contributed by atoms with E-state index in [1.807, 2.05) is 17.5 Å². The normalized spacial score (nSPS) is 10.5. The van der Waals surface area contributed by atoms with Gasteiger partial charge in [0.05, 0.1) is 30.9 Å². The second kappa shape index (κ2) is 5.16. The van der Waals surface area contributed by atoms with Crippen LogP contribution in [-0.2, 0) is 6.54 Å². The maximum absolute atomic E-state index is 11.7. The summed E-state index contributed by atoms with van der Waals surface area (Å²) in [6.45, 7) is 0.506. The van der Waals surface area contributed by atoms with Crippen molar-refractivity contribution < 1.29 is 13.6 Å².